The lowest BCUT2D eigenvalue weighted by atomic mass is 9.99. The molecular formula is C22H29ClN2O2. The number of phenols is 1. The Labute approximate surface area is 168 Å². The summed E-state index contributed by atoms with van der Waals surface area (Å²) in [4.78, 5) is 16.6. The number of hydrogen-bond acceptors (Lipinski definition) is 4. The van der Waals surface area contributed by atoms with Crippen molar-refractivity contribution in [2.45, 2.75) is 20.0 Å². The molecule has 0 saturated carbocycles. The topological polar surface area (TPSA) is 43.8 Å². The molecule has 2 aromatic carbocycles. The number of hydrogen-bond donors (Lipinski definition) is 1. The molecule has 1 N–H and O–H groups in total. The summed E-state index contributed by atoms with van der Waals surface area (Å²) < 4.78 is 0. The second-order valence-electron chi connectivity index (χ2n) is 7.23. The third-order valence-electron chi connectivity index (χ3n) is 4.03. The number of allylic oxidation sites excluding steroid dienone is 1. The standard InChI is InChI=1S/C22H28N2O2.ClH/c1-16-6-8-17(9-7-16)10-11-21(25)18-12-19(14-23(2)3)22(26)20(13-18)15-24(4)5;/h6-13,26H,14-15H2,1-5H3;1H/b11-10+;. The normalized spacial score (nSPS) is 11.2. The minimum absolute atomic E-state index is 0. The van der Waals surface area contributed by atoms with Crippen molar-refractivity contribution in [3.63, 3.8) is 0 Å². The smallest absolute Gasteiger partial charge is 0.185 e. The average Bonchev–Trinajstić information content (AvgIpc) is 2.56. The molecule has 0 spiro atoms. The van der Waals surface area contributed by atoms with Gasteiger partial charge in [0.15, 0.2) is 5.78 Å². The quantitative estimate of drug-likeness (QED) is 0.571. The molecule has 0 heterocycles. The van der Waals surface area contributed by atoms with Crippen LogP contribution in [0, 0.1) is 6.92 Å². The Balaban J connectivity index is 0.00000364. The molecule has 2 aromatic rings. The Morgan fingerprint density at radius 3 is 1.89 bits per heavy atom. The van der Waals surface area contributed by atoms with Crippen molar-refractivity contribution in [2.24, 2.45) is 0 Å². The van der Waals surface area contributed by atoms with Crippen LogP contribution >= 0.6 is 12.4 Å². The lowest BCUT2D eigenvalue weighted by Gasteiger charge is -2.17. The number of rotatable bonds is 7. The van der Waals surface area contributed by atoms with Crippen LogP contribution in [-0.2, 0) is 13.1 Å². The van der Waals surface area contributed by atoms with Crippen LogP contribution in [0.15, 0.2) is 42.5 Å². The van der Waals surface area contributed by atoms with E-state index in [9.17, 15) is 9.90 Å². The van der Waals surface area contributed by atoms with Crippen LogP contribution in [0.25, 0.3) is 6.08 Å². The Bertz CT molecular complexity index is 765. The molecule has 0 aliphatic rings. The zero-order valence-electron chi connectivity index (χ0n) is 16.7. The van der Waals surface area contributed by atoms with Crippen molar-refractivity contribution in [3.05, 3.63) is 70.3 Å². The highest BCUT2D eigenvalue weighted by molar-refractivity contribution is 6.07. The van der Waals surface area contributed by atoms with Gasteiger partial charge < -0.3 is 14.9 Å². The van der Waals surface area contributed by atoms with E-state index in [0.717, 1.165) is 16.7 Å². The number of ketones is 1. The monoisotopic (exact) mass is 388 g/mol. The van der Waals surface area contributed by atoms with Crippen LogP contribution < -0.4 is 0 Å². The largest absolute Gasteiger partial charge is 0.507 e. The Morgan fingerprint density at radius 1 is 0.963 bits per heavy atom. The van der Waals surface area contributed by atoms with Gasteiger partial charge in [0.2, 0.25) is 0 Å². The summed E-state index contributed by atoms with van der Waals surface area (Å²) in [6, 6.07) is 11.6. The highest BCUT2D eigenvalue weighted by Crippen LogP contribution is 2.27. The number of nitrogens with zero attached hydrogens (tertiary/aromatic N) is 2. The maximum absolute atomic E-state index is 12.7. The van der Waals surface area contributed by atoms with Crippen LogP contribution in [0.5, 0.6) is 5.75 Å². The first-order valence-corrected chi connectivity index (χ1v) is 8.69. The number of aryl methyl sites for hydroxylation is 1. The van der Waals surface area contributed by atoms with Crippen LogP contribution in [0.4, 0.5) is 0 Å². The van der Waals surface area contributed by atoms with Gasteiger partial charge in [0.1, 0.15) is 5.75 Å². The van der Waals surface area contributed by atoms with Crippen molar-refractivity contribution in [1.82, 2.24) is 9.80 Å². The van der Waals surface area contributed by atoms with Crippen LogP contribution in [0.2, 0.25) is 0 Å². The molecule has 0 saturated heterocycles. The lowest BCUT2D eigenvalue weighted by molar-refractivity contribution is 0.104. The van der Waals surface area contributed by atoms with Crippen molar-refractivity contribution in [2.75, 3.05) is 28.2 Å². The molecule has 0 radical (unpaired) electrons. The molecule has 0 amide bonds. The van der Waals surface area contributed by atoms with Crippen LogP contribution in [0.3, 0.4) is 0 Å². The summed E-state index contributed by atoms with van der Waals surface area (Å²) in [7, 11) is 7.77. The van der Waals surface area contributed by atoms with Gasteiger partial charge in [0, 0.05) is 29.8 Å². The van der Waals surface area contributed by atoms with Gasteiger partial charge in [0.25, 0.3) is 0 Å². The summed E-state index contributed by atoms with van der Waals surface area (Å²) in [6.45, 7) is 3.19. The minimum Gasteiger partial charge on any atom is -0.507 e. The Kier molecular flexibility index (Phi) is 8.70. The second-order valence-corrected chi connectivity index (χ2v) is 7.23. The fourth-order valence-corrected chi connectivity index (χ4v) is 2.77. The van der Waals surface area contributed by atoms with Crippen LogP contribution in [0.1, 0.15) is 32.6 Å². The summed E-state index contributed by atoms with van der Waals surface area (Å²) in [6.07, 6.45) is 3.42. The summed E-state index contributed by atoms with van der Waals surface area (Å²) in [5.41, 5.74) is 4.31. The maximum atomic E-state index is 12.7. The number of phenolic OH excluding ortho intramolecular Hbond substituents is 1. The van der Waals surface area contributed by atoms with Crippen molar-refractivity contribution >= 4 is 24.3 Å². The van der Waals surface area contributed by atoms with E-state index in [1.54, 1.807) is 18.2 Å². The molecule has 0 bridgehead atoms. The molecule has 0 atom stereocenters. The maximum Gasteiger partial charge on any atom is 0.185 e. The number of carbonyl (C=O) groups is 1. The van der Waals surface area contributed by atoms with Gasteiger partial charge in [-0.05, 0) is 58.9 Å². The number of aromatic hydroxyl groups is 1. The Hall–Kier alpha value is -2.14. The summed E-state index contributed by atoms with van der Waals surface area (Å²) in [5, 5.41) is 10.5. The summed E-state index contributed by atoms with van der Waals surface area (Å²) in [5.74, 6) is 0.206. The zero-order valence-corrected chi connectivity index (χ0v) is 17.5. The Morgan fingerprint density at radius 2 is 1.44 bits per heavy atom. The van der Waals surface area contributed by atoms with Gasteiger partial charge in [-0.3, -0.25) is 4.79 Å². The highest BCUT2D eigenvalue weighted by atomic mass is 35.5. The molecule has 0 unspecified atom stereocenters. The van der Waals surface area contributed by atoms with Crippen molar-refractivity contribution in [3.8, 4) is 5.75 Å². The van der Waals surface area contributed by atoms with Gasteiger partial charge in [-0.2, -0.15) is 0 Å². The zero-order chi connectivity index (χ0) is 19.3. The molecule has 0 aromatic heterocycles. The lowest BCUT2D eigenvalue weighted by Crippen LogP contribution is -2.15. The molecular weight excluding hydrogens is 360 g/mol. The molecule has 2 rings (SSSR count). The first kappa shape index (κ1) is 22.9. The fourth-order valence-electron chi connectivity index (χ4n) is 2.77. The number of benzene rings is 2. The number of halogens is 1. The SMILES string of the molecule is Cc1ccc(/C=C/C(=O)c2cc(CN(C)C)c(O)c(CN(C)C)c2)cc1.Cl. The van der Waals surface area contributed by atoms with E-state index in [-0.39, 0.29) is 23.9 Å². The van der Waals surface area contributed by atoms with Gasteiger partial charge in [-0.15, -0.1) is 12.4 Å². The van der Waals surface area contributed by atoms with E-state index in [2.05, 4.69) is 0 Å². The molecule has 5 heteroatoms. The average molecular weight is 389 g/mol. The summed E-state index contributed by atoms with van der Waals surface area (Å²) >= 11 is 0. The van der Waals surface area contributed by atoms with Crippen molar-refractivity contribution < 1.29 is 9.90 Å². The van der Waals surface area contributed by atoms with Crippen molar-refractivity contribution in [1.29, 1.82) is 0 Å². The predicted octanol–water partition coefficient (Wildman–Crippen LogP) is 4.14. The van der Waals surface area contributed by atoms with E-state index < -0.39 is 0 Å². The first-order chi connectivity index (χ1) is 12.3. The van der Waals surface area contributed by atoms with Crippen LogP contribution in [-0.4, -0.2) is 48.9 Å². The van der Waals surface area contributed by atoms with E-state index in [1.165, 1.54) is 5.56 Å². The van der Waals surface area contributed by atoms with E-state index in [1.807, 2.05) is 75.3 Å². The van der Waals surface area contributed by atoms with Gasteiger partial charge in [-0.25, -0.2) is 0 Å². The molecule has 146 valence electrons. The second kappa shape index (κ2) is 10.3. The number of carbonyl (C=O) groups excluding carboxylic acids is 1. The minimum atomic E-state index is -0.0643. The third kappa shape index (κ3) is 6.83. The third-order valence-corrected chi connectivity index (χ3v) is 4.03. The fraction of sp³-hybridized carbons (Fsp3) is 0.318. The van der Waals surface area contributed by atoms with E-state index in [0.29, 0.717) is 18.7 Å². The molecule has 0 aliphatic heterocycles. The van der Waals surface area contributed by atoms with E-state index >= 15 is 0 Å². The predicted molar refractivity (Wildman–Crippen MR) is 115 cm³/mol. The first-order valence-electron chi connectivity index (χ1n) is 8.69. The van der Waals surface area contributed by atoms with Gasteiger partial charge >= 0.3 is 0 Å². The highest BCUT2D eigenvalue weighted by Gasteiger charge is 2.14. The molecule has 4 nitrogen and oxygen atoms in total. The van der Waals surface area contributed by atoms with E-state index in [4.69, 9.17) is 0 Å². The molecule has 27 heavy (non-hydrogen) atoms. The van der Waals surface area contributed by atoms with Gasteiger partial charge in [0.05, 0.1) is 0 Å². The van der Waals surface area contributed by atoms with Gasteiger partial charge in [-0.1, -0.05) is 35.9 Å². The molecule has 0 fully saturated rings. The molecule has 0 aliphatic carbocycles.